The van der Waals surface area contributed by atoms with Crippen LogP contribution in [0.25, 0.3) is 0 Å². The van der Waals surface area contributed by atoms with Gasteiger partial charge in [0.25, 0.3) is 6.43 Å². The maximum Gasteiger partial charge on any atom is 0.255 e. The Morgan fingerprint density at radius 3 is 2.78 bits per heavy atom. The second-order valence-electron chi connectivity index (χ2n) is 4.45. The molecule has 18 heavy (non-hydrogen) atoms. The Labute approximate surface area is 111 Å². The second-order valence-corrected chi connectivity index (χ2v) is 4.83. The SMILES string of the molecule is O=C(CCC1CCCCO1)N(CCCl)CC(F)F. The zero-order valence-corrected chi connectivity index (χ0v) is 11.2. The number of alkyl halides is 3. The molecule has 0 aromatic heterocycles. The van der Waals surface area contributed by atoms with Crippen molar-refractivity contribution in [2.45, 2.75) is 44.6 Å². The van der Waals surface area contributed by atoms with Crippen LogP contribution in [0, 0.1) is 0 Å². The average Bonchev–Trinajstić information content (AvgIpc) is 2.36. The van der Waals surface area contributed by atoms with Crippen LogP contribution in [0.15, 0.2) is 0 Å². The van der Waals surface area contributed by atoms with Gasteiger partial charge < -0.3 is 9.64 Å². The Balaban J connectivity index is 2.30. The quantitative estimate of drug-likeness (QED) is 0.672. The van der Waals surface area contributed by atoms with E-state index in [1.165, 1.54) is 0 Å². The van der Waals surface area contributed by atoms with Crippen LogP contribution in [0.1, 0.15) is 32.1 Å². The van der Waals surface area contributed by atoms with Gasteiger partial charge in [-0.05, 0) is 25.7 Å². The molecule has 1 rings (SSSR count). The molecule has 1 heterocycles. The summed E-state index contributed by atoms with van der Waals surface area (Å²) in [6.07, 6.45) is 1.60. The molecule has 3 nitrogen and oxygen atoms in total. The summed E-state index contributed by atoms with van der Waals surface area (Å²) in [5, 5.41) is 0. The number of nitrogens with zero attached hydrogens (tertiary/aromatic N) is 1. The van der Waals surface area contributed by atoms with Crippen molar-refractivity contribution in [2.75, 3.05) is 25.6 Å². The molecule has 1 amide bonds. The Bertz CT molecular complexity index is 248. The molecule has 6 heteroatoms. The lowest BCUT2D eigenvalue weighted by Gasteiger charge is -2.25. The second kappa shape index (κ2) is 8.64. The molecule has 1 fully saturated rings. The largest absolute Gasteiger partial charge is 0.378 e. The lowest BCUT2D eigenvalue weighted by atomic mass is 10.0. The summed E-state index contributed by atoms with van der Waals surface area (Å²) in [4.78, 5) is 12.9. The zero-order chi connectivity index (χ0) is 13.4. The summed E-state index contributed by atoms with van der Waals surface area (Å²) < 4.78 is 30.1. The Morgan fingerprint density at radius 2 is 2.22 bits per heavy atom. The zero-order valence-electron chi connectivity index (χ0n) is 10.4. The number of ether oxygens (including phenoxy) is 1. The van der Waals surface area contributed by atoms with Gasteiger partial charge in [0.2, 0.25) is 5.91 Å². The van der Waals surface area contributed by atoms with Crippen LogP contribution in [0.4, 0.5) is 8.78 Å². The highest BCUT2D eigenvalue weighted by Gasteiger charge is 2.20. The van der Waals surface area contributed by atoms with Gasteiger partial charge >= 0.3 is 0 Å². The van der Waals surface area contributed by atoms with Gasteiger partial charge in [-0.3, -0.25) is 4.79 Å². The van der Waals surface area contributed by atoms with Crippen LogP contribution in [0.3, 0.4) is 0 Å². The van der Waals surface area contributed by atoms with Crippen LogP contribution in [0.2, 0.25) is 0 Å². The predicted molar refractivity (Wildman–Crippen MR) is 66.1 cm³/mol. The molecule has 0 N–H and O–H groups in total. The molecule has 1 aliphatic heterocycles. The van der Waals surface area contributed by atoms with Gasteiger partial charge in [0, 0.05) is 25.5 Å². The van der Waals surface area contributed by atoms with Crippen molar-refractivity contribution in [1.29, 1.82) is 0 Å². The minimum atomic E-state index is -2.51. The summed E-state index contributed by atoms with van der Waals surface area (Å²) in [5.74, 6) is -0.0802. The average molecular weight is 284 g/mol. The third kappa shape index (κ3) is 5.96. The summed E-state index contributed by atoms with van der Waals surface area (Å²) in [7, 11) is 0. The molecule has 0 spiro atoms. The number of carbonyl (C=O) groups excluding carboxylic acids is 1. The van der Waals surface area contributed by atoms with Gasteiger partial charge in [0.1, 0.15) is 0 Å². The maximum absolute atomic E-state index is 12.3. The van der Waals surface area contributed by atoms with Gasteiger partial charge in [-0.1, -0.05) is 0 Å². The monoisotopic (exact) mass is 283 g/mol. The molecule has 0 saturated carbocycles. The molecule has 1 saturated heterocycles. The van der Waals surface area contributed by atoms with E-state index in [1.807, 2.05) is 0 Å². The van der Waals surface area contributed by atoms with Crippen molar-refractivity contribution in [3.8, 4) is 0 Å². The summed E-state index contributed by atoms with van der Waals surface area (Å²) >= 11 is 5.51. The number of rotatable bonds is 7. The van der Waals surface area contributed by atoms with Gasteiger partial charge in [0.15, 0.2) is 0 Å². The molecule has 1 atom stereocenters. The number of hydrogen-bond donors (Lipinski definition) is 0. The van der Waals surface area contributed by atoms with E-state index in [4.69, 9.17) is 16.3 Å². The highest BCUT2D eigenvalue weighted by Crippen LogP contribution is 2.17. The Morgan fingerprint density at radius 1 is 1.44 bits per heavy atom. The van der Waals surface area contributed by atoms with Crippen molar-refractivity contribution < 1.29 is 18.3 Å². The van der Waals surface area contributed by atoms with Crippen molar-refractivity contribution >= 4 is 17.5 Å². The summed E-state index contributed by atoms with van der Waals surface area (Å²) in [6, 6.07) is 0. The molecule has 1 unspecified atom stereocenters. The number of halogens is 3. The van der Waals surface area contributed by atoms with Crippen molar-refractivity contribution in [3.63, 3.8) is 0 Å². The molecular formula is C12H20ClF2NO2. The molecular weight excluding hydrogens is 264 g/mol. The number of amides is 1. The van der Waals surface area contributed by atoms with E-state index in [0.29, 0.717) is 6.42 Å². The van der Waals surface area contributed by atoms with E-state index in [1.54, 1.807) is 0 Å². The third-order valence-electron chi connectivity index (χ3n) is 3.02. The van der Waals surface area contributed by atoms with Crippen LogP contribution in [0.5, 0.6) is 0 Å². The number of carbonyl (C=O) groups is 1. The number of hydrogen-bond acceptors (Lipinski definition) is 2. The van der Waals surface area contributed by atoms with Crippen LogP contribution in [-0.4, -0.2) is 48.9 Å². The van der Waals surface area contributed by atoms with E-state index < -0.39 is 13.0 Å². The summed E-state index contributed by atoms with van der Waals surface area (Å²) in [6.45, 7) is 0.384. The van der Waals surface area contributed by atoms with Crippen molar-refractivity contribution in [1.82, 2.24) is 4.90 Å². The molecule has 0 radical (unpaired) electrons. The predicted octanol–water partition coefficient (Wildman–Crippen LogP) is 2.67. The molecule has 0 bridgehead atoms. The van der Waals surface area contributed by atoms with Gasteiger partial charge in [-0.2, -0.15) is 0 Å². The molecule has 0 aromatic carbocycles. The van der Waals surface area contributed by atoms with Gasteiger partial charge in [0.05, 0.1) is 12.6 Å². The lowest BCUT2D eigenvalue weighted by molar-refractivity contribution is -0.133. The maximum atomic E-state index is 12.3. The van der Waals surface area contributed by atoms with Crippen LogP contribution >= 0.6 is 11.6 Å². The fraction of sp³-hybridized carbons (Fsp3) is 0.917. The lowest BCUT2D eigenvalue weighted by Crippen LogP contribution is -2.37. The first-order valence-corrected chi connectivity index (χ1v) is 6.90. The molecule has 0 aromatic rings. The van der Waals surface area contributed by atoms with Gasteiger partial charge in [-0.25, -0.2) is 8.78 Å². The third-order valence-corrected chi connectivity index (χ3v) is 3.19. The Hall–Kier alpha value is -0.420. The van der Waals surface area contributed by atoms with E-state index >= 15 is 0 Å². The van der Waals surface area contributed by atoms with E-state index in [0.717, 1.165) is 30.8 Å². The highest BCUT2D eigenvalue weighted by molar-refractivity contribution is 6.18. The normalized spacial score (nSPS) is 20.1. The molecule has 106 valence electrons. The fourth-order valence-electron chi connectivity index (χ4n) is 2.06. The first-order chi connectivity index (χ1) is 8.63. The van der Waals surface area contributed by atoms with Gasteiger partial charge in [-0.15, -0.1) is 11.6 Å². The van der Waals surface area contributed by atoms with Crippen LogP contribution in [-0.2, 0) is 9.53 Å². The minimum absolute atomic E-state index is 0.104. The molecule has 0 aliphatic carbocycles. The van der Waals surface area contributed by atoms with E-state index in [-0.39, 0.29) is 30.9 Å². The highest BCUT2D eigenvalue weighted by atomic mass is 35.5. The van der Waals surface area contributed by atoms with Crippen molar-refractivity contribution in [3.05, 3.63) is 0 Å². The minimum Gasteiger partial charge on any atom is -0.378 e. The fourth-order valence-corrected chi connectivity index (χ4v) is 2.27. The first kappa shape index (κ1) is 15.6. The van der Waals surface area contributed by atoms with Crippen LogP contribution < -0.4 is 0 Å². The Kier molecular flexibility index (Phi) is 7.51. The van der Waals surface area contributed by atoms with Crippen molar-refractivity contribution in [2.24, 2.45) is 0 Å². The van der Waals surface area contributed by atoms with E-state index in [9.17, 15) is 13.6 Å². The standard InChI is InChI=1S/C12H20ClF2NO2/c13-6-7-16(9-11(14)15)12(17)5-4-10-3-1-2-8-18-10/h10-11H,1-9H2. The molecule has 1 aliphatic rings. The smallest absolute Gasteiger partial charge is 0.255 e. The topological polar surface area (TPSA) is 29.5 Å². The summed E-state index contributed by atoms with van der Waals surface area (Å²) in [5.41, 5.74) is 0. The van der Waals surface area contributed by atoms with E-state index in [2.05, 4.69) is 0 Å². The first-order valence-electron chi connectivity index (χ1n) is 6.37.